The van der Waals surface area contributed by atoms with Crippen LogP contribution in [-0.2, 0) is 10.0 Å². The Hall–Kier alpha value is -1.57. The molecule has 2 heterocycles. The standard InChI is InChI=1S/C18H19ClN2O3S2/c1-2-13-11-21(16-9-12(19)3-5-17(16)24-13)26(22,23)14-4-6-18-15(10-14)20-7-8-25-18/h3-6,9-10,13,20H,2,7-8,11H2,1H3/t13-/m1/s1. The van der Waals surface area contributed by atoms with Gasteiger partial charge in [-0.25, -0.2) is 8.42 Å². The number of halogens is 1. The molecule has 0 saturated carbocycles. The first kappa shape index (κ1) is 17.8. The summed E-state index contributed by atoms with van der Waals surface area (Å²) in [4.78, 5) is 1.35. The lowest BCUT2D eigenvalue weighted by atomic mass is 10.2. The molecule has 2 aromatic carbocycles. The zero-order valence-corrected chi connectivity index (χ0v) is 16.6. The van der Waals surface area contributed by atoms with Crippen LogP contribution in [0, 0.1) is 0 Å². The van der Waals surface area contributed by atoms with Crippen molar-refractivity contribution in [3.63, 3.8) is 0 Å². The molecule has 0 spiro atoms. The molecule has 0 amide bonds. The Balaban J connectivity index is 1.79. The van der Waals surface area contributed by atoms with E-state index in [0.717, 1.165) is 29.3 Å². The summed E-state index contributed by atoms with van der Waals surface area (Å²) in [6.45, 7) is 3.08. The lowest BCUT2D eigenvalue weighted by Gasteiger charge is -2.35. The van der Waals surface area contributed by atoms with E-state index < -0.39 is 10.0 Å². The summed E-state index contributed by atoms with van der Waals surface area (Å²) in [5, 5.41) is 3.75. The van der Waals surface area contributed by atoms with Gasteiger partial charge >= 0.3 is 0 Å². The summed E-state index contributed by atoms with van der Waals surface area (Å²) in [5.74, 6) is 1.52. The van der Waals surface area contributed by atoms with E-state index in [1.807, 2.05) is 13.0 Å². The van der Waals surface area contributed by atoms with Gasteiger partial charge in [-0.15, -0.1) is 11.8 Å². The Bertz CT molecular complexity index is 949. The lowest BCUT2D eigenvalue weighted by molar-refractivity contribution is 0.196. The van der Waals surface area contributed by atoms with Crippen LogP contribution >= 0.6 is 23.4 Å². The molecule has 0 aromatic heterocycles. The van der Waals surface area contributed by atoms with E-state index >= 15 is 0 Å². The normalized spacial score (nSPS) is 19.2. The number of benzene rings is 2. The summed E-state index contributed by atoms with van der Waals surface area (Å²) in [6, 6.07) is 10.4. The lowest BCUT2D eigenvalue weighted by Crippen LogP contribution is -2.43. The third kappa shape index (κ3) is 3.12. The van der Waals surface area contributed by atoms with E-state index in [1.165, 1.54) is 4.31 Å². The number of anilines is 2. The van der Waals surface area contributed by atoms with E-state index in [2.05, 4.69) is 5.32 Å². The number of nitrogens with one attached hydrogen (secondary N) is 1. The summed E-state index contributed by atoms with van der Waals surface area (Å²) in [6.07, 6.45) is 0.529. The van der Waals surface area contributed by atoms with E-state index in [0.29, 0.717) is 16.5 Å². The molecule has 138 valence electrons. The number of rotatable bonds is 3. The molecular weight excluding hydrogens is 392 g/mol. The van der Waals surface area contributed by atoms with Crippen molar-refractivity contribution >= 4 is 44.8 Å². The first-order chi connectivity index (χ1) is 12.5. The smallest absolute Gasteiger partial charge is 0.264 e. The zero-order valence-electron chi connectivity index (χ0n) is 14.2. The molecule has 0 unspecified atom stereocenters. The van der Waals surface area contributed by atoms with Crippen molar-refractivity contribution in [3.8, 4) is 5.75 Å². The summed E-state index contributed by atoms with van der Waals surface area (Å²) in [5.41, 5.74) is 1.36. The highest BCUT2D eigenvalue weighted by molar-refractivity contribution is 7.99. The molecule has 0 bridgehead atoms. The van der Waals surface area contributed by atoms with Gasteiger partial charge in [-0.2, -0.15) is 0 Å². The van der Waals surface area contributed by atoms with Gasteiger partial charge in [-0.1, -0.05) is 18.5 Å². The van der Waals surface area contributed by atoms with E-state index in [9.17, 15) is 8.42 Å². The summed E-state index contributed by atoms with van der Waals surface area (Å²) >= 11 is 7.84. The molecule has 8 heteroatoms. The van der Waals surface area contributed by atoms with Crippen molar-refractivity contribution in [2.75, 3.05) is 28.5 Å². The van der Waals surface area contributed by atoms with Gasteiger partial charge < -0.3 is 10.1 Å². The zero-order chi connectivity index (χ0) is 18.3. The van der Waals surface area contributed by atoms with Crippen LogP contribution in [-0.4, -0.2) is 33.4 Å². The summed E-state index contributed by atoms with van der Waals surface area (Å²) in [7, 11) is -3.72. The molecule has 0 saturated heterocycles. The van der Waals surface area contributed by atoms with E-state index in [-0.39, 0.29) is 17.5 Å². The number of fused-ring (bicyclic) bond motifs is 2. The SMILES string of the molecule is CC[C@@H]1CN(S(=O)(=O)c2ccc3c(c2)NCCS3)c2cc(Cl)ccc2O1. The van der Waals surface area contributed by atoms with Gasteiger partial charge in [0, 0.05) is 27.9 Å². The number of nitrogens with zero attached hydrogens (tertiary/aromatic N) is 1. The molecule has 5 nitrogen and oxygen atoms in total. The number of sulfonamides is 1. The molecule has 0 aliphatic carbocycles. The maximum absolute atomic E-state index is 13.4. The maximum Gasteiger partial charge on any atom is 0.264 e. The number of ether oxygens (including phenoxy) is 1. The highest BCUT2D eigenvalue weighted by Crippen LogP contribution is 2.40. The van der Waals surface area contributed by atoms with Crippen LogP contribution in [0.5, 0.6) is 5.75 Å². The van der Waals surface area contributed by atoms with Crippen LogP contribution in [0.4, 0.5) is 11.4 Å². The minimum atomic E-state index is -3.72. The Morgan fingerprint density at radius 2 is 2.15 bits per heavy atom. The number of hydrogen-bond donors (Lipinski definition) is 1. The minimum absolute atomic E-state index is 0.190. The van der Waals surface area contributed by atoms with Crippen LogP contribution in [0.15, 0.2) is 46.2 Å². The van der Waals surface area contributed by atoms with Crippen LogP contribution in [0.3, 0.4) is 0 Å². The van der Waals surface area contributed by atoms with Crippen molar-refractivity contribution in [1.29, 1.82) is 0 Å². The quantitative estimate of drug-likeness (QED) is 0.820. The average molecular weight is 411 g/mol. The Labute approximate surface area is 162 Å². The van der Waals surface area contributed by atoms with Gasteiger partial charge in [0.05, 0.1) is 17.1 Å². The highest BCUT2D eigenvalue weighted by Gasteiger charge is 2.34. The van der Waals surface area contributed by atoms with Crippen molar-refractivity contribution in [3.05, 3.63) is 41.4 Å². The topological polar surface area (TPSA) is 58.6 Å². The van der Waals surface area contributed by atoms with Crippen molar-refractivity contribution in [1.82, 2.24) is 0 Å². The van der Waals surface area contributed by atoms with Crippen molar-refractivity contribution in [2.45, 2.75) is 29.2 Å². The van der Waals surface area contributed by atoms with Gasteiger partial charge in [0.15, 0.2) is 0 Å². The predicted octanol–water partition coefficient (Wildman–Crippen LogP) is 4.22. The maximum atomic E-state index is 13.4. The minimum Gasteiger partial charge on any atom is -0.486 e. The largest absolute Gasteiger partial charge is 0.486 e. The Morgan fingerprint density at radius 1 is 1.31 bits per heavy atom. The van der Waals surface area contributed by atoms with Crippen LogP contribution in [0.25, 0.3) is 0 Å². The average Bonchev–Trinajstić information content (AvgIpc) is 2.66. The van der Waals surface area contributed by atoms with Gasteiger partial charge in [0.1, 0.15) is 11.9 Å². The van der Waals surface area contributed by atoms with Gasteiger partial charge in [-0.3, -0.25) is 4.31 Å². The van der Waals surface area contributed by atoms with Crippen molar-refractivity contribution in [2.24, 2.45) is 0 Å². The Morgan fingerprint density at radius 3 is 2.96 bits per heavy atom. The predicted molar refractivity (Wildman–Crippen MR) is 106 cm³/mol. The second-order valence-corrected chi connectivity index (χ2v) is 9.66. The highest BCUT2D eigenvalue weighted by atomic mass is 35.5. The van der Waals surface area contributed by atoms with Crippen LogP contribution < -0.4 is 14.4 Å². The molecule has 0 radical (unpaired) electrons. The first-order valence-electron chi connectivity index (χ1n) is 8.48. The fourth-order valence-electron chi connectivity index (χ4n) is 3.13. The summed E-state index contributed by atoms with van der Waals surface area (Å²) < 4.78 is 34.1. The molecule has 1 atom stereocenters. The molecule has 4 rings (SSSR count). The molecule has 26 heavy (non-hydrogen) atoms. The van der Waals surface area contributed by atoms with Crippen LogP contribution in [0.2, 0.25) is 5.02 Å². The molecule has 2 aliphatic rings. The fraction of sp³-hybridized carbons (Fsp3) is 0.333. The molecule has 0 fully saturated rings. The second kappa shape index (κ2) is 6.87. The third-order valence-corrected chi connectivity index (χ3v) is 7.61. The number of hydrogen-bond acceptors (Lipinski definition) is 5. The number of thioether (sulfide) groups is 1. The van der Waals surface area contributed by atoms with Crippen LogP contribution in [0.1, 0.15) is 13.3 Å². The molecule has 1 N–H and O–H groups in total. The van der Waals surface area contributed by atoms with Gasteiger partial charge in [0.25, 0.3) is 10.0 Å². The third-order valence-electron chi connectivity index (χ3n) is 4.52. The van der Waals surface area contributed by atoms with Gasteiger partial charge in [0.2, 0.25) is 0 Å². The van der Waals surface area contributed by atoms with E-state index in [4.69, 9.17) is 16.3 Å². The first-order valence-corrected chi connectivity index (χ1v) is 11.3. The fourth-order valence-corrected chi connectivity index (χ4v) is 5.70. The van der Waals surface area contributed by atoms with Gasteiger partial charge in [-0.05, 0) is 42.8 Å². The van der Waals surface area contributed by atoms with Crippen molar-refractivity contribution < 1.29 is 13.2 Å². The molecular formula is C18H19ClN2O3S2. The molecule has 2 aliphatic heterocycles. The van der Waals surface area contributed by atoms with E-state index in [1.54, 1.807) is 42.1 Å². The second-order valence-electron chi connectivity index (χ2n) is 6.23. The Kier molecular flexibility index (Phi) is 4.71. The molecule has 2 aromatic rings. The monoisotopic (exact) mass is 410 g/mol.